The van der Waals surface area contributed by atoms with Crippen molar-refractivity contribution in [1.82, 2.24) is 0 Å². The lowest BCUT2D eigenvalue weighted by atomic mass is 9.87. The fraction of sp³-hybridized carbons (Fsp3) is 0.900. The molecule has 3 nitrogen and oxygen atoms in total. The molecule has 0 saturated heterocycles. The van der Waals surface area contributed by atoms with Crippen molar-refractivity contribution >= 4 is 24.5 Å². The number of carboxylic acid groups (broad SMARTS) is 1. The third-order valence-electron chi connectivity index (χ3n) is 2.42. The maximum atomic E-state index is 11.2. The molecule has 0 aromatic carbocycles. The first-order valence-corrected chi connectivity index (χ1v) is 10.4. The fourth-order valence-electron chi connectivity index (χ4n) is 1.18. The summed E-state index contributed by atoms with van der Waals surface area (Å²) in [6.07, 6.45) is 1.74. The molecule has 0 rings (SSSR count). The Balaban J connectivity index is 4.32. The van der Waals surface area contributed by atoms with E-state index in [2.05, 4.69) is 19.6 Å². The summed E-state index contributed by atoms with van der Waals surface area (Å²) in [6.45, 7) is 8.41. The summed E-state index contributed by atoms with van der Waals surface area (Å²) in [6, 6.07) is 1.16. The molecule has 5 heteroatoms. The van der Waals surface area contributed by atoms with Gasteiger partial charge in [-0.25, -0.2) is 0 Å². The summed E-state index contributed by atoms with van der Waals surface area (Å²) >= 11 is 0. The maximum absolute atomic E-state index is 11.2. The van der Waals surface area contributed by atoms with Gasteiger partial charge in [0, 0.05) is 16.8 Å². The van der Waals surface area contributed by atoms with Crippen molar-refractivity contribution in [2.75, 3.05) is 6.61 Å². The number of hydrogen-bond acceptors (Lipinski definition) is 2. The van der Waals surface area contributed by atoms with E-state index in [1.54, 1.807) is 6.92 Å². The lowest BCUT2D eigenvalue weighted by Gasteiger charge is -2.28. The van der Waals surface area contributed by atoms with Crippen LogP contribution in [-0.4, -0.2) is 36.2 Å². The van der Waals surface area contributed by atoms with E-state index in [1.165, 1.54) is 0 Å². The van der Waals surface area contributed by atoms with Gasteiger partial charge in [-0.1, -0.05) is 12.5 Å². The standard InChI is InChI=1S/C10H24O3Si2/c1-10(9(11)12,6-5-7-14)8-13-15(2,3)4/h5-8H2,1-4,14H3,(H,11,12). The largest absolute Gasteiger partial charge is 0.481 e. The van der Waals surface area contributed by atoms with Gasteiger partial charge in [0.2, 0.25) is 0 Å². The van der Waals surface area contributed by atoms with E-state index < -0.39 is 19.7 Å². The zero-order valence-corrected chi connectivity index (χ0v) is 13.6. The summed E-state index contributed by atoms with van der Waals surface area (Å²) in [5.74, 6) is -0.726. The van der Waals surface area contributed by atoms with Gasteiger partial charge in [-0.2, -0.15) is 0 Å². The maximum Gasteiger partial charge on any atom is 0.311 e. The Morgan fingerprint density at radius 2 is 2.00 bits per heavy atom. The second-order valence-corrected chi connectivity index (χ2v) is 10.9. The Labute approximate surface area is 96.8 Å². The summed E-state index contributed by atoms with van der Waals surface area (Å²) in [7, 11) is -0.458. The average Bonchev–Trinajstić information content (AvgIpc) is 2.10. The molecule has 0 aliphatic heterocycles. The second kappa shape index (κ2) is 5.81. The van der Waals surface area contributed by atoms with Crippen molar-refractivity contribution in [3.05, 3.63) is 0 Å². The summed E-state index contributed by atoms with van der Waals surface area (Å²) in [5.41, 5.74) is -0.690. The molecule has 0 heterocycles. The smallest absolute Gasteiger partial charge is 0.311 e. The quantitative estimate of drug-likeness (QED) is 0.695. The van der Waals surface area contributed by atoms with Gasteiger partial charge in [0.25, 0.3) is 0 Å². The Hall–Kier alpha value is -0.136. The highest BCUT2D eigenvalue weighted by atomic mass is 28.4. The predicted molar refractivity (Wildman–Crippen MR) is 69.0 cm³/mol. The lowest BCUT2D eigenvalue weighted by Crippen LogP contribution is -2.38. The molecule has 0 fully saturated rings. The Morgan fingerprint density at radius 1 is 1.47 bits per heavy atom. The molecule has 0 radical (unpaired) electrons. The molecule has 1 unspecified atom stereocenters. The minimum Gasteiger partial charge on any atom is -0.481 e. The molecule has 0 spiro atoms. The van der Waals surface area contributed by atoms with E-state index in [4.69, 9.17) is 4.43 Å². The van der Waals surface area contributed by atoms with Crippen LogP contribution in [0.2, 0.25) is 25.7 Å². The molecule has 0 bridgehead atoms. The van der Waals surface area contributed by atoms with Crippen LogP contribution in [0.1, 0.15) is 19.8 Å². The van der Waals surface area contributed by atoms with E-state index in [0.29, 0.717) is 6.61 Å². The third-order valence-corrected chi connectivity index (χ3v) is 4.14. The summed E-state index contributed by atoms with van der Waals surface area (Å²) in [4.78, 5) is 11.2. The van der Waals surface area contributed by atoms with Crippen LogP contribution in [0.15, 0.2) is 0 Å². The minimum atomic E-state index is -1.61. The summed E-state index contributed by atoms with van der Waals surface area (Å²) < 4.78 is 5.72. The van der Waals surface area contributed by atoms with Crippen molar-refractivity contribution < 1.29 is 14.3 Å². The second-order valence-electron chi connectivity index (χ2n) is 5.37. The zero-order valence-electron chi connectivity index (χ0n) is 10.6. The molecule has 90 valence electrons. The predicted octanol–water partition coefficient (Wildman–Crippen LogP) is 1.49. The molecule has 0 aromatic rings. The van der Waals surface area contributed by atoms with Crippen molar-refractivity contribution in [3.63, 3.8) is 0 Å². The van der Waals surface area contributed by atoms with Crippen molar-refractivity contribution in [2.45, 2.75) is 45.5 Å². The molecule has 15 heavy (non-hydrogen) atoms. The van der Waals surface area contributed by atoms with Gasteiger partial charge in [0.1, 0.15) is 0 Å². The van der Waals surface area contributed by atoms with Gasteiger partial charge in [-0.3, -0.25) is 4.79 Å². The van der Waals surface area contributed by atoms with E-state index >= 15 is 0 Å². The molecule has 0 aliphatic rings. The molecule has 0 saturated carbocycles. The van der Waals surface area contributed by atoms with Gasteiger partial charge in [0.05, 0.1) is 5.41 Å². The third kappa shape index (κ3) is 6.11. The van der Waals surface area contributed by atoms with Crippen LogP contribution in [0, 0.1) is 5.41 Å². The van der Waals surface area contributed by atoms with Gasteiger partial charge in [-0.05, 0) is 33.0 Å². The molecular formula is C10H24O3Si2. The number of rotatable bonds is 7. The first kappa shape index (κ1) is 14.9. The van der Waals surface area contributed by atoms with Gasteiger partial charge in [-0.15, -0.1) is 0 Å². The number of carbonyl (C=O) groups is 1. The lowest BCUT2D eigenvalue weighted by molar-refractivity contribution is -0.150. The van der Waals surface area contributed by atoms with E-state index in [-0.39, 0.29) is 0 Å². The molecule has 1 N–H and O–H groups in total. The van der Waals surface area contributed by atoms with E-state index in [0.717, 1.165) is 29.1 Å². The van der Waals surface area contributed by atoms with E-state index in [9.17, 15) is 9.90 Å². The van der Waals surface area contributed by atoms with Crippen LogP contribution >= 0.6 is 0 Å². The van der Waals surface area contributed by atoms with Gasteiger partial charge in [0.15, 0.2) is 8.32 Å². The van der Waals surface area contributed by atoms with Crippen molar-refractivity contribution in [1.29, 1.82) is 0 Å². The topological polar surface area (TPSA) is 46.5 Å². The molecule has 0 aliphatic carbocycles. The molecular weight excluding hydrogens is 224 g/mol. The highest BCUT2D eigenvalue weighted by Gasteiger charge is 2.34. The minimum absolute atomic E-state index is 0.361. The van der Waals surface area contributed by atoms with Crippen molar-refractivity contribution in [3.8, 4) is 0 Å². The first-order valence-electron chi connectivity index (χ1n) is 5.58. The Kier molecular flexibility index (Phi) is 5.76. The summed E-state index contributed by atoms with van der Waals surface area (Å²) in [5, 5.41) is 9.20. The van der Waals surface area contributed by atoms with Crippen LogP contribution in [-0.2, 0) is 9.22 Å². The van der Waals surface area contributed by atoms with Crippen LogP contribution in [0.3, 0.4) is 0 Å². The van der Waals surface area contributed by atoms with Crippen LogP contribution in [0.5, 0.6) is 0 Å². The highest BCUT2D eigenvalue weighted by molar-refractivity contribution is 6.69. The normalized spacial score (nSPS) is 16.3. The molecule has 1 atom stereocenters. The fourth-order valence-corrected chi connectivity index (χ4v) is 2.29. The highest BCUT2D eigenvalue weighted by Crippen LogP contribution is 2.26. The van der Waals surface area contributed by atoms with Gasteiger partial charge < -0.3 is 9.53 Å². The Bertz CT molecular complexity index is 213. The zero-order chi connectivity index (χ0) is 12.1. The number of aliphatic carboxylic acids is 1. The van der Waals surface area contributed by atoms with Crippen LogP contribution in [0.4, 0.5) is 0 Å². The van der Waals surface area contributed by atoms with Gasteiger partial charge >= 0.3 is 5.97 Å². The molecule has 0 aromatic heterocycles. The number of hydrogen-bond donors (Lipinski definition) is 1. The van der Waals surface area contributed by atoms with Crippen LogP contribution < -0.4 is 0 Å². The SMILES string of the molecule is CC(CCC[SiH3])(CO[Si](C)(C)C)C(=O)O. The average molecular weight is 248 g/mol. The monoisotopic (exact) mass is 248 g/mol. The Morgan fingerprint density at radius 3 is 2.33 bits per heavy atom. The molecule has 0 amide bonds. The van der Waals surface area contributed by atoms with Crippen LogP contribution in [0.25, 0.3) is 0 Å². The van der Waals surface area contributed by atoms with E-state index in [1.807, 2.05) is 0 Å². The number of carboxylic acids is 1. The van der Waals surface area contributed by atoms with Crippen molar-refractivity contribution in [2.24, 2.45) is 5.41 Å². The first-order chi connectivity index (χ1) is 6.71.